The third-order valence-corrected chi connectivity index (χ3v) is 9.26. The van der Waals surface area contributed by atoms with Crippen LogP contribution in [-0.2, 0) is 16.1 Å². The number of hydrogen-bond acceptors (Lipinski definition) is 4. The highest BCUT2D eigenvalue weighted by atomic mass is 16.5. The van der Waals surface area contributed by atoms with Crippen LogP contribution in [0.5, 0.6) is 0 Å². The largest absolute Gasteiger partial charge is 0.395 e. The summed E-state index contributed by atoms with van der Waals surface area (Å²) in [5, 5.41) is 9.68. The van der Waals surface area contributed by atoms with Crippen molar-refractivity contribution in [3.8, 4) is 0 Å². The Morgan fingerprint density at radius 3 is 2.30 bits per heavy atom. The zero-order valence-corrected chi connectivity index (χ0v) is 21.5. The second-order valence-corrected chi connectivity index (χ2v) is 11.6. The molecular formula is C32H38N2O3. The molecule has 194 valence electrons. The number of ether oxygens (including phenoxy) is 1. The SMILES string of the molecule is C=C1CC2C(=O)N3C(CO[C@H]3c3ccccc3)[C@H]2C1.C=C1CC2CN(Cc3ccccc3)C(CO)[C@H]2C1. The van der Waals surface area contributed by atoms with Gasteiger partial charge in [-0.2, -0.15) is 0 Å². The molecule has 7 rings (SSSR count). The van der Waals surface area contributed by atoms with Crippen molar-refractivity contribution in [1.82, 2.24) is 9.80 Å². The molecule has 2 aliphatic carbocycles. The van der Waals surface area contributed by atoms with Crippen LogP contribution in [0.1, 0.15) is 43.0 Å². The minimum Gasteiger partial charge on any atom is -0.395 e. The van der Waals surface area contributed by atoms with Gasteiger partial charge in [-0.25, -0.2) is 0 Å². The van der Waals surface area contributed by atoms with Crippen molar-refractivity contribution < 1.29 is 14.6 Å². The van der Waals surface area contributed by atoms with Crippen LogP contribution < -0.4 is 0 Å². The zero-order valence-electron chi connectivity index (χ0n) is 21.5. The van der Waals surface area contributed by atoms with Crippen LogP contribution in [0.25, 0.3) is 0 Å². The van der Waals surface area contributed by atoms with Crippen molar-refractivity contribution in [2.45, 2.75) is 50.5 Å². The molecule has 0 aromatic heterocycles. The highest BCUT2D eigenvalue weighted by Crippen LogP contribution is 2.50. The topological polar surface area (TPSA) is 53.0 Å². The Labute approximate surface area is 220 Å². The van der Waals surface area contributed by atoms with Crippen molar-refractivity contribution in [3.05, 3.63) is 96.1 Å². The average Bonchev–Trinajstić information content (AvgIpc) is 3.69. The van der Waals surface area contributed by atoms with Crippen molar-refractivity contribution in [3.63, 3.8) is 0 Å². The van der Waals surface area contributed by atoms with Crippen molar-refractivity contribution in [2.24, 2.45) is 23.7 Å². The fraction of sp³-hybridized carbons (Fsp3) is 0.469. The van der Waals surface area contributed by atoms with Crippen molar-refractivity contribution >= 4 is 5.91 Å². The van der Waals surface area contributed by atoms with Crippen LogP contribution >= 0.6 is 0 Å². The number of nitrogens with zero attached hydrogens (tertiary/aromatic N) is 2. The number of carbonyl (C=O) groups is 1. The molecule has 2 aromatic carbocycles. The summed E-state index contributed by atoms with van der Waals surface area (Å²) >= 11 is 0. The Bertz CT molecular complexity index is 1150. The number of amides is 1. The van der Waals surface area contributed by atoms with Gasteiger partial charge in [-0.05, 0) is 49.0 Å². The molecule has 7 atom stereocenters. The van der Waals surface area contributed by atoms with Gasteiger partial charge in [-0.3, -0.25) is 9.69 Å². The van der Waals surface area contributed by atoms with Gasteiger partial charge in [-0.15, -0.1) is 0 Å². The maximum absolute atomic E-state index is 12.6. The molecule has 2 aromatic rings. The van der Waals surface area contributed by atoms with Gasteiger partial charge in [0.15, 0.2) is 6.23 Å². The van der Waals surface area contributed by atoms with Gasteiger partial charge in [0, 0.05) is 30.6 Å². The summed E-state index contributed by atoms with van der Waals surface area (Å²) in [6, 6.07) is 21.2. The maximum atomic E-state index is 12.6. The molecule has 5 fully saturated rings. The van der Waals surface area contributed by atoms with Crippen molar-refractivity contribution in [1.29, 1.82) is 0 Å². The second-order valence-electron chi connectivity index (χ2n) is 11.6. The number of fused-ring (bicyclic) bond motifs is 4. The molecule has 0 radical (unpaired) electrons. The van der Waals surface area contributed by atoms with E-state index in [-0.39, 0.29) is 30.7 Å². The lowest BCUT2D eigenvalue weighted by Crippen LogP contribution is -2.35. The first-order valence-electron chi connectivity index (χ1n) is 13.7. The third-order valence-electron chi connectivity index (χ3n) is 9.26. The normalized spacial score (nSPS) is 34.4. The summed E-state index contributed by atoms with van der Waals surface area (Å²) in [4.78, 5) is 17.0. The number of rotatable bonds is 4. The van der Waals surface area contributed by atoms with Crippen molar-refractivity contribution in [2.75, 3.05) is 19.8 Å². The van der Waals surface area contributed by atoms with Crippen LogP contribution in [0.4, 0.5) is 0 Å². The summed E-state index contributed by atoms with van der Waals surface area (Å²) in [6.45, 7) is 11.2. The molecule has 5 aliphatic rings. The minimum atomic E-state index is -0.183. The van der Waals surface area contributed by atoms with E-state index in [0.29, 0.717) is 24.5 Å². The molecule has 3 aliphatic heterocycles. The Morgan fingerprint density at radius 1 is 0.892 bits per heavy atom. The molecule has 0 bridgehead atoms. The Balaban J connectivity index is 0.000000136. The van der Waals surface area contributed by atoms with Gasteiger partial charge < -0.3 is 14.7 Å². The van der Waals surface area contributed by atoms with Gasteiger partial charge in [0.1, 0.15) is 0 Å². The molecule has 5 nitrogen and oxygen atoms in total. The number of allylic oxidation sites excluding steroid dienone is 2. The van der Waals surface area contributed by atoms with Gasteiger partial charge in [0.2, 0.25) is 5.91 Å². The Morgan fingerprint density at radius 2 is 1.57 bits per heavy atom. The molecule has 2 saturated carbocycles. The molecule has 4 unspecified atom stereocenters. The van der Waals surface area contributed by atoms with E-state index in [4.69, 9.17) is 4.74 Å². The number of carbonyl (C=O) groups excluding carboxylic acids is 1. The first-order valence-corrected chi connectivity index (χ1v) is 13.7. The monoisotopic (exact) mass is 498 g/mol. The average molecular weight is 499 g/mol. The Kier molecular flexibility index (Phi) is 6.78. The van der Waals surface area contributed by atoms with E-state index in [1.54, 1.807) is 0 Å². The molecule has 5 heteroatoms. The highest BCUT2D eigenvalue weighted by molar-refractivity contribution is 5.84. The Hall–Kier alpha value is -2.73. The van der Waals surface area contributed by atoms with Crippen LogP contribution in [0, 0.1) is 23.7 Å². The summed E-state index contributed by atoms with van der Waals surface area (Å²) in [6.07, 6.45) is 3.95. The van der Waals surface area contributed by atoms with Crippen LogP contribution in [0.2, 0.25) is 0 Å². The standard InChI is InChI=1S/C16H17NO2.C16H21NO/c1-10-7-12-13(8-10)15(18)17-14(12)9-19-16(17)11-5-3-2-4-6-11;1-12-7-14-10-17(16(11-18)15(14)8-12)9-13-5-3-2-4-6-13/h2-6,12-14,16H,1,7-9H2;2-6,14-16,18H,1,7-11H2/t12-,13?,14?,16-;14?,15-,16?/m00/s1. The number of likely N-dealkylation sites (tertiary alicyclic amines) is 1. The fourth-order valence-electron chi connectivity index (χ4n) is 7.61. The van der Waals surface area contributed by atoms with Gasteiger partial charge in [0.25, 0.3) is 0 Å². The maximum Gasteiger partial charge on any atom is 0.229 e. The van der Waals surface area contributed by atoms with Crippen LogP contribution in [-0.4, -0.2) is 52.7 Å². The smallest absolute Gasteiger partial charge is 0.229 e. The van der Waals surface area contributed by atoms with E-state index in [2.05, 4.69) is 48.4 Å². The lowest BCUT2D eigenvalue weighted by molar-refractivity contribution is -0.137. The predicted molar refractivity (Wildman–Crippen MR) is 144 cm³/mol. The summed E-state index contributed by atoms with van der Waals surface area (Å²) in [5.74, 6) is 2.20. The first-order chi connectivity index (χ1) is 18.0. The van der Waals surface area contributed by atoms with E-state index < -0.39 is 0 Å². The molecule has 3 saturated heterocycles. The zero-order chi connectivity index (χ0) is 25.5. The van der Waals surface area contributed by atoms with E-state index in [9.17, 15) is 9.90 Å². The predicted octanol–water partition coefficient (Wildman–Crippen LogP) is 4.95. The number of hydrogen-bond donors (Lipinski definition) is 1. The second kappa shape index (κ2) is 10.2. The van der Waals surface area contributed by atoms with E-state index in [1.807, 2.05) is 35.2 Å². The van der Waals surface area contributed by atoms with E-state index in [0.717, 1.165) is 50.3 Å². The van der Waals surface area contributed by atoms with E-state index >= 15 is 0 Å². The molecule has 1 N–H and O–H groups in total. The third kappa shape index (κ3) is 4.58. The molecule has 3 heterocycles. The fourth-order valence-corrected chi connectivity index (χ4v) is 7.61. The lowest BCUT2D eigenvalue weighted by Gasteiger charge is -2.26. The summed E-state index contributed by atoms with van der Waals surface area (Å²) in [7, 11) is 0. The summed E-state index contributed by atoms with van der Waals surface area (Å²) in [5.41, 5.74) is 5.03. The summed E-state index contributed by atoms with van der Waals surface area (Å²) < 4.78 is 5.90. The van der Waals surface area contributed by atoms with Gasteiger partial charge in [-0.1, -0.05) is 85.0 Å². The number of aliphatic hydroxyl groups is 1. The first kappa shape index (κ1) is 24.6. The van der Waals surface area contributed by atoms with Gasteiger partial charge in [0.05, 0.1) is 19.3 Å². The minimum absolute atomic E-state index is 0.160. The lowest BCUT2D eigenvalue weighted by atomic mass is 9.94. The van der Waals surface area contributed by atoms with Crippen LogP contribution in [0.3, 0.4) is 0 Å². The molecular weight excluding hydrogens is 460 g/mol. The molecule has 0 spiro atoms. The number of benzene rings is 2. The number of aliphatic hydroxyl groups excluding tert-OH is 1. The highest BCUT2D eigenvalue weighted by Gasteiger charge is 2.56. The van der Waals surface area contributed by atoms with Crippen LogP contribution in [0.15, 0.2) is 85.0 Å². The van der Waals surface area contributed by atoms with E-state index in [1.165, 1.54) is 16.7 Å². The van der Waals surface area contributed by atoms with Gasteiger partial charge >= 0.3 is 0 Å². The quantitative estimate of drug-likeness (QED) is 0.606. The molecule has 37 heavy (non-hydrogen) atoms. The molecule has 1 amide bonds.